The number of nitrogens with zero attached hydrogens (tertiary/aromatic N) is 1. The summed E-state index contributed by atoms with van der Waals surface area (Å²) in [5, 5.41) is 10.8. The van der Waals surface area contributed by atoms with Crippen molar-refractivity contribution in [2.75, 3.05) is 17.7 Å². The highest BCUT2D eigenvalue weighted by Gasteiger charge is 2.40. The number of benzene rings is 1. The van der Waals surface area contributed by atoms with Gasteiger partial charge in [0.2, 0.25) is 0 Å². The molecule has 0 fully saturated rings. The van der Waals surface area contributed by atoms with E-state index in [0.29, 0.717) is 35.1 Å². The highest BCUT2D eigenvalue weighted by Crippen LogP contribution is 2.38. The average Bonchev–Trinajstić information content (AvgIpc) is 2.68. The van der Waals surface area contributed by atoms with Crippen molar-refractivity contribution in [1.29, 1.82) is 5.41 Å². The number of fused-ring (bicyclic) bond motifs is 1. The van der Waals surface area contributed by atoms with E-state index in [1.54, 1.807) is 24.3 Å². The maximum atomic E-state index is 12.9. The highest BCUT2D eigenvalue weighted by atomic mass is 35.5. The zero-order valence-corrected chi connectivity index (χ0v) is 18.2. The van der Waals surface area contributed by atoms with E-state index in [4.69, 9.17) is 27.5 Å². The Morgan fingerprint density at radius 2 is 2.10 bits per heavy atom. The zero-order chi connectivity index (χ0) is 22.1. The molecule has 0 aliphatic carbocycles. The lowest BCUT2D eigenvalue weighted by Gasteiger charge is -2.30. The van der Waals surface area contributed by atoms with Crippen molar-refractivity contribution in [2.24, 2.45) is 5.73 Å². The fourth-order valence-electron chi connectivity index (χ4n) is 3.06. The van der Waals surface area contributed by atoms with Gasteiger partial charge in [-0.3, -0.25) is 10.2 Å². The Hall–Kier alpha value is -2.65. The molecular formula is C20H23ClN4O4S. The summed E-state index contributed by atoms with van der Waals surface area (Å²) >= 11 is 5.80. The summed E-state index contributed by atoms with van der Waals surface area (Å²) in [6, 6.07) is 8.18. The Morgan fingerprint density at radius 1 is 1.37 bits per heavy atom. The van der Waals surface area contributed by atoms with Crippen molar-refractivity contribution >= 4 is 38.9 Å². The third-order valence-corrected chi connectivity index (χ3v) is 8.08. The number of amides is 1. The Morgan fingerprint density at radius 3 is 2.73 bits per heavy atom. The summed E-state index contributed by atoms with van der Waals surface area (Å²) < 4.78 is 30.0. The van der Waals surface area contributed by atoms with Crippen LogP contribution >= 0.6 is 11.6 Å². The van der Waals surface area contributed by atoms with Crippen LogP contribution in [0.5, 0.6) is 5.75 Å². The molecule has 10 heteroatoms. The van der Waals surface area contributed by atoms with E-state index in [2.05, 4.69) is 10.3 Å². The second-order valence-electron chi connectivity index (χ2n) is 7.61. The number of sulfone groups is 1. The van der Waals surface area contributed by atoms with Crippen LogP contribution in [-0.2, 0) is 9.84 Å². The molecule has 1 atom stereocenters. The number of nitrogens with two attached hydrogens (primary N) is 1. The first kappa shape index (κ1) is 22.0. The molecule has 30 heavy (non-hydrogen) atoms. The van der Waals surface area contributed by atoms with E-state index < -0.39 is 26.3 Å². The van der Waals surface area contributed by atoms with Crippen molar-refractivity contribution in [2.45, 2.75) is 30.9 Å². The average molecular weight is 451 g/mol. The predicted octanol–water partition coefficient (Wildman–Crippen LogP) is 2.98. The third-order valence-electron chi connectivity index (χ3n) is 5.24. The van der Waals surface area contributed by atoms with Crippen molar-refractivity contribution < 1.29 is 17.9 Å². The maximum Gasteiger partial charge on any atom is 0.274 e. The summed E-state index contributed by atoms with van der Waals surface area (Å²) in [7, 11) is -3.70. The van der Waals surface area contributed by atoms with Crippen LogP contribution in [-0.4, -0.2) is 42.3 Å². The molecule has 1 aliphatic rings. The molecule has 2 heterocycles. The van der Waals surface area contributed by atoms with Gasteiger partial charge in [-0.05, 0) is 50.6 Å². The molecule has 0 spiro atoms. The van der Waals surface area contributed by atoms with Gasteiger partial charge in [0.1, 0.15) is 22.0 Å². The summed E-state index contributed by atoms with van der Waals surface area (Å²) in [4.78, 5) is 16.4. The zero-order valence-electron chi connectivity index (χ0n) is 16.6. The maximum absolute atomic E-state index is 12.9. The summed E-state index contributed by atoms with van der Waals surface area (Å²) in [5.74, 6) is -0.754. The van der Waals surface area contributed by atoms with E-state index in [0.717, 1.165) is 0 Å². The van der Waals surface area contributed by atoms with Gasteiger partial charge in [0.15, 0.2) is 9.84 Å². The van der Waals surface area contributed by atoms with Crippen LogP contribution in [0.1, 0.15) is 42.2 Å². The van der Waals surface area contributed by atoms with Crippen LogP contribution < -0.4 is 15.8 Å². The standard InChI is InChI=1S/C20H23ClN4O4S/c1-20(2,19(22)23)30(27,28)11-12-7-8-29-17-6-4-14(9-15(12)17)25-18(26)16-5-3-13(21)10-24-16/h3-6,9-10,12H,7-8,11H2,1-2H3,(H3,22,23)(H,25,26)/t12-/m1/s1. The number of amidine groups is 1. The van der Waals surface area contributed by atoms with E-state index in [9.17, 15) is 13.2 Å². The lowest BCUT2D eigenvalue weighted by Crippen LogP contribution is -2.47. The third kappa shape index (κ3) is 4.41. The number of nitrogens with one attached hydrogen (secondary N) is 2. The predicted molar refractivity (Wildman–Crippen MR) is 116 cm³/mol. The molecule has 8 nitrogen and oxygen atoms in total. The first-order chi connectivity index (χ1) is 14.0. The molecule has 0 saturated heterocycles. The van der Waals surface area contributed by atoms with Crippen LogP contribution in [0.15, 0.2) is 36.5 Å². The van der Waals surface area contributed by atoms with Crippen molar-refractivity contribution in [1.82, 2.24) is 4.98 Å². The Bertz CT molecular complexity index is 1080. The minimum Gasteiger partial charge on any atom is -0.493 e. The van der Waals surface area contributed by atoms with Crippen LogP contribution in [0.4, 0.5) is 5.69 Å². The first-order valence-electron chi connectivity index (χ1n) is 9.28. The van der Waals surface area contributed by atoms with Crippen LogP contribution in [0, 0.1) is 5.41 Å². The van der Waals surface area contributed by atoms with Crippen molar-refractivity contribution in [3.8, 4) is 5.75 Å². The minimum absolute atomic E-state index is 0.175. The second-order valence-corrected chi connectivity index (χ2v) is 10.6. The molecule has 4 N–H and O–H groups in total. The van der Waals surface area contributed by atoms with Crippen LogP contribution in [0.25, 0.3) is 0 Å². The topological polar surface area (TPSA) is 135 Å². The van der Waals surface area contributed by atoms with Gasteiger partial charge in [-0.2, -0.15) is 0 Å². The molecule has 0 radical (unpaired) electrons. The van der Waals surface area contributed by atoms with Gasteiger partial charge in [0.25, 0.3) is 5.91 Å². The lowest BCUT2D eigenvalue weighted by atomic mass is 9.94. The molecule has 1 aliphatic heterocycles. The number of hydrogen-bond acceptors (Lipinski definition) is 6. The Kier molecular flexibility index (Phi) is 6.05. The van der Waals surface area contributed by atoms with Gasteiger partial charge in [-0.1, -0.05) is 11.6 Å². The molecule has 0 bridgehead atoms. The molecule has 1 aromatic heterocycles. The number of anilines is 1. The summed E-state index contributed by atoms with van der Waals surface area (Å²) in [5.41, 5.74) is 6.90. The molecule has 0 saturated carbocycles. The summed E-state index contributed by atoms with van der Waals surface area (Å²) in [6.07, 6.45) is 1.88. The molecule has 1 amide bonds. The van der Waals surface area contributed by atoms with Gasteiger partial charge < -0.3 is 15.8 Å². The quantitative estimate of drug-likeness (QED) is 0.457. The fraction of sp³-hybridized carbons (Fsp3) is 0.350. The number of pyridine rings is 1. The number of carbonyl (C=O) groups is 1. The molecule has 1 aromatic carbocycles. The fourth-order valence-corrected chi connectivity index (χ4v) is 4.80. The van der Waals surface area contributed by atoms with Crippen molar-refractivity contribution in [3.05, 3.63) is 52.8 Å². The SMILES string of the molecule is CC(C)(C(=N)N)S(=O)(=O)C[C@H]1CCOc2ccc(NC(=O)c3ccc(Cl)cn3)cc21. The van der Waals surface area contributed by atoms with Gasteiger partial charge in [-0.15, -0.1) is 0 Å². The largest absolute Gasteiger partial charge is 0.493 e. The van der Waals surface area contributed by atoms with Gasteiger partial charge in [-0.25, -0.2) is 13.4 Å². The number of ether oxygens (including phenoxy) is 1. The molecule has 0 unspecified atom stereocenters. The first-order valence-corrected chi connectivity index (χ1v) is 11.3. The van der Waals surface area contributed by atoms with E-state index in [1.165, 1.54) is 26.1 Å². The number of aromatic nitrogens is 1. The number of carbonyl (C=O) groups excluding carboxylic acids is 1. The Balaban J connectivity index is 1.85. The van der Waals surface area contributed by atoms with Gasteiger partial charge >= 0.3 is 0 Å². The number of rotatable bonds is 6. The smallest absolute Gasteiger partial charge is 0.274 e. The van der Waals surface area contributed by atoms with Gasteiger partial charge in [0.05, 0.1) is 17.4 Å². The monoisotopic (exact) mass is 450 g/mol. The molecule has 3 rings (SSSR count). The highest BCUT2D eigenvalue weighted by molar-refractivity contribution is 7.93. The summed E-state index contributed by atoms with van der Waals surface area (Å²) in [6.45, 7) is 3.25. The normalized spacial score (nSPS) is 16.3. The molecule has 160 valence electrons. The number of hydrogen-bond donors (Lipinski definition) is 3. The molecule has 2 aromatic rings. The second kappa shape index (κ2) is 8.23. The van der Waals surface area contributed by atoms with E-state index in [-0.39, 0.29) is 17.4 Å². The van der Waals surface area contributed by atoms with Gasteiger partial charge in [0, 0.05) is 23.4 Å². The van der Waals surface area contributed by atoms with Crippen molar-refractivity contribution in [3.63, 3.8) is 0 Å². The number of halogens is 1. The van der Waals surface area contributed by atoms with E-state index >= 15 is 0 Å². The molecular weight excluding hydrogens is 428 g/mol. The van der Waals surface area contributed by atoms with E-state index in [1.807, 2.05) is 0 Å². The lowest BCUT2D eigenvalue weighted by molar-refractivity contribution is 0.102. The van der Waals surface area contributed by atoms with Crippen LogP contribution in [0.2, 0.25) is 5.02 Å². The Labute approximate surface area is 180 Å². The minimum atomic E-state index is -3.70. The van der Waals surface area contributed by atoms with Crippen LogP contribution in [0.3, 0.4) is 0 Å².